The van der Waals surface area contributed by atoms with Crippen LogP contribution in [0.15, 0.2) is 0 Å². The number of rotatable bonds is 7. The fraction of sp³-hybridized carbons (Fsp3) is 0.938. The molecular formula is C16H26Cl2O2. The van der Waals surface area contributed by atoms with Crippen LogP contribution in [0.1, 0.15) is 58.3 Å². The number of carbonyl (C=O) groups excluding carboxylic acids is 1. The predicted molar refractivity (Wildman–Crippen MR) is 83.3 cm³/mol. The van der Waals surface area contributed by atoms with Crippen molar-refractivity contribution in [2.45, 2.75) is 68.7 Å². The minimum absolute atomic E-state index is 0.0472. The van der Waals surface area contributed by atoms with E-state index >= 15 is 0 Å². The number of fused-ring (bicyclic) bond motifs is 1. The first-order valence-electron chi connectivity index (χ1n) is 7.94. The van der Waals surface area contributed by atoms with Crippen molar-refractivity contribution in [2.75, 3.05) is 7.11 Å². The number of hydrogen-bond donors (Lipinski definition) is 0. The van der Waals surface area contributed by atoms with Gasteiger partial charge < -0.3 is 4.74 Å². The Labute approximate surface area is 132 Å². The molecule has 0 amide bonds. The van der Waals surface area contributed by atoms with Crippen molar-refractivity contribution < 1.29 is 9.53 Å². The van der Waals surface area contributed by atoms with Gasteiger partial charge in [0.1, 0.15) is 0 Å². The van der Waals surface area contributed by atoms with Gasteiger partial charge in [-0.25, -0.2) is 0 Å². The van der Waals surface area contributed by atoms with Gasteiger partial charge in [0.15, 0.2) is 10.1 Å². The summed E-state index contributed by atoms with van der Waals surface area (Å²) in [6.45, 7) is 2.16. The Balaban J connectivity index is 1.78. The van der Waals surface area contributed by atoms with E-state index in [2.05, 4.69) is 6.92 Å². The summed E-state index contributed by atoms with van der Waals surface area (Å²) in [6, 6.07) is 0. The molecule has 0 bridgehead atoms. The van der Waals surface area contributed by atoms with Gasteiger partial charge in [0, 0.05) is 19.4 Å². The fourth-order valence-electron chi connectivity index (χ4n) is 4.14. The van der Waals surface area contributed by atoms with Crippen molar-refractivity contribution in [2.24, 2.45) is 17.8 Å². The average Bonchev–Trinajstić information content (AvgIpc) is 2.91. The molecule has 2 rings (SSSR count). The molecule has 0 aliphatic heterocycles. The molecule has 0 aromatic heterocycles. The third kappa shape index (κ3) is 3.34. The summed E-state index contributed by atoms with van der Waals surface area (Å²) in [6.07, 6.45) is 9.01. The smallest absolute Gasteiger partial charge is 0.179 e. The van der Waals surface area contributed by atoms with Crippen LogP contribution in [0.3, 0.4) is 0 Å². The maximum Gasteiger partial charge on any atom is 0.179 e. The van der Waals surface area contributed by atoms with Gasteiger partial charge in [0.05, 0.1) is 6.10 Å². The molecule has 0 aromatic carbocycles. The topological polar surface area (TPSA) is 26.3 Å². The molecule has 20 heavy (non-hydrogen) atoms. The number of hydrogen-bond acceptors (Lipinski definition) is 2. The molecule has 0 radical (unpaired) electrons. The summed E-state index contributed by atoms with van der Waals surface area (Å²) in [5, 5.41) is 0. The van der Waals surface area contributed by atoms with Gasteiger partial charge in [-0.05, 0) is 37.5 Å². The Morgan fingerprint density at radius 3 is 2.75 bits per heavy atom. The molecule has 4 heteroatoms. The van der Waals surface area contributed by atoms with Crippen LogP contribution in [-0.4, -0.2) is 23.3 Å². The zero-order chi connectivity index (χ0) is 14.8. The average molecular weight is 321 g/mol. The van der Waals surface area contributed by atoms with Gasteiger partial charge in [0.2, 0.25) is 0 Å². The van der Waals surface area contributed by atoms with E-state index in [0.717, 1.165) is 25.7 Å². The number of Topliss-reactive ketones (excluding diaryl/α,β-unsaturated/α-hetero) is 1. The number of ketones is 1. The molecular weight excluding hydrogens is 295 g/mol. The Morgan fingerprint density at radius 2 is 2.10 bits per heavy atom. The molecule has 0 heterocycles. The second-order valence-corrected chi connectivity index (χ2v) is 7.81. The van der Waals surface area contributed by atoms with Crippen LogP contribution in [0.2, 0.25) is 0 Å². The lowest BCUT2D eigenvalue weighted by atomic mass is 9.87. The van der Waals surface area contributed by atoms with Crippen LogP contribution in [-0.2, 0) is 9.53 Å². The highest BCUT2D eigenvalue weighted by Crippen LogP contribution is 2.56. The maximum atomic E-state index is 11.9. The molecule has 116 valence electrons. The normalized spacial score (nSPS) is 33.4. The van der Waals surface area contributed by atoms with E-state index in [0.29, 0.717) is 24.4 Å². The quantitative estimate of drug-likeness (QED) is 0.499. The summed E-state index contributed by atoms with van der Waals surface area (Å²) in [5.74, 6) is 1.21. The Hall–Kier alpha value is 0.210. The second-order valence-electron chi connectivity index (χ2n) is 6.42. The van der Waals surface area contributed by atoms with Crippen LogP contribution in [0.4, 0.5) is 0 Å². The fourth-order valence-corrected chi connectivity index (χ4v) is 5.01. The van der Waals surface area contributed by atoms with Gasteiger partial charge in [-0.1, -0.05) is 49.4 Å². The lowest BCUT2D eigenvalue weighted by Crippen LogP contribution is -2.31. The minimum atomic E-state index is -1.11. The van der Waals surface area contributed by atoms with Crippen LogP contribution in [0.25, 0.3) is 0 Å². The molecule has 0 N–H and O–H groups in total. The van der Waals surface area contributed by atoms with Crippen molar-refractivity contribution in [1.29, 1.82) is 0 Å². The molecule has 2 aliphatic rings. The van der Waals surface area contributed by atoms with E-state index in [1.54, 1.807) is 7.11 Å². The first-order chi connectivity index (χ1) is 9.50. The number of carbonyl (C=O) groups is 1. The van der Waals surface area contributed by atoms with Crippen molar-refractivity contribution in [3.05, 3.63) is 0 Å². The monoisotopic (exact) mass is 320 g/mol. The van der Waals surface area contributed by atoms with Gasteiger partial charge in [-0.2, -0.15) is 0 Å². The van der Waals surface area contributed by atoms with Gasteiger partial charge >= 0.3 is 0 Å². The highest BCUT2D eigenvalue weighted by molar-refractivity contribution is 6.59. The summed E-state index contributed by atoms with van der Waals surface area (Å²) < 4.78 is 4.29. The van der Waals surface area contributed by atoms with E-state index in [1.807, 2.05) is 0 Å². The van der Waals surface area contributed by atoms with E-state index in [9.17, 15) is 4.79 Å². The molecule has 2 saturated carbocycles. The maximum absolute atomic E-state index is 11.9. The predicted octanol–water partition coefficient (Wildman–Crippen LogP) is 4.76. The Kier molecular flexibility index (Phi) is 5.79. The first-order valence-corrected chi connectivity index (χ1v) is 8.70. The lowest BCUT2D eigenvalue weighted by molar-refractivity contribution is -0.118. The van der Waals surface area contributed by atoms with Crippen LogP contribution in [0, 0.1) is 17.8 Å². The molecule has 0 saturated heterocycles. The van der Waals surface area contributed by atoms with Gasteiger partial charge in [-0.15, -0.1) is 0 Å². The van der Waals surface area contributed by atoms with Crippen molar-refractivity contribution in [3.63, 3.8) is 0 Å². The number of halogens is 2. The number of ether oxygens (including phenoxy) is 1. The zero-order valence-corrected chi connectivity index (χ0v) is 14.1. The molecule has 2 aliphatic carbocycles. The molecule has 2 fully saturated rings. The molecule has 0 aromatic rings. The number of methoxy groups -OCH3 is 1. The summed E-state index contributed by atoms with van der Waals surface area (Å²) >= 11 is 12.6. The van der Waals surface area contributed by atoms with Crippen molar-refractivity contribution >= 4 is 29.0 Å². The van der Waals surface area contributed by atoms with Crippen molar-refractivity contribution in [3.8, 4) is 0 Å². The Bertz CT molecular complexity index is 339. The third-order valence-electron chi connectivity index (χ3n) is 5.30. The highest BCUT2D eigenvalue weighted by atomic mass is 35.5. The standard InChI is InChI=1S/C16H26Cl2O2/c1-3-13(20-2)7-5-4-6-11-8-9-12-10-14(19)16(17,18)15(11)12/h11-13,15H,3-10H2,1-2H3. The molecule has 4 unspecified atom stereocenters. The van der Waals surface area contributed by atoms with Crippen LogP contribution in [0.5, 0.6) is 0 Å². The molecule has 2 nitrogen and oxygen atoms in total. The van der Waals surface area contributed by atoms with Crippen LogP contribution >= 0.6 is 23.2 Å². The van der Waals surface area contributed by atoms with E-state index < -0.39 is 4.33 Å². The molecule has 4 atom stereocenters. The van der Waals surface area contributed by atoms with Crippen LogP contribution < -0.4 is 0 Å². The zero-order valence-electron chi connectivity index (χ0n) is 12.5. The highest BCUT2D eigenvalue weighted by Gasteiger charge is 2.57. The summed E-state index contributed by atoms with van der Waals surface area (Å²) in [5.41, 5.74) is 0. The third-order valence-corrected chi connectivity index (χ3v) is 6.23. The number of unbranched alkanes of at least 4 members (excludes halogenated alkanes) is 1. The Morgan fingerprint density at radius 1 is 1.35 bits per heavy atom. The van der Waals surface area contributed by atoms with Gasteiger partial charge in [-0.3, -0.25) is 4.79 Å². The SMILES string of the molecule is CCC(CCCCC1CCC2CC(=O)C(Cl)(Cl)C12)OC. The number of alkyl halides is 2. The lowest BCUT2D eigenvalue weighted by Gasteiger charge is -2.26. The van der Waals surface area contributed by atoms with E-state index in [1.165, 1.54) is 19.3 Å². The summed E-state index contributed by atoms with van der Waals surface area (Å²) in [7, 11) is 1.79. The van der Waals surface area contributed by atoms with Gasteiger partial charge in [0.25, 0.3) is 0 Å². The van der Waals surface area contributed by atoms with Crippen molar-refractivity contribution in [1.82, 2.24) is 0 Å². The minimum Gasteiger partial charge on any atom is -0.381 e. The second kappa shape index (κ2) is 6.98. The first kappa shape index (κ1) is 16.6. The largest absolute Gasteiger partial charge is 0.381 e. The molecule has 0 spiro atoms. The van der Waals surface area contributed by atoms with E-state index in [4.69, 9.17) is 27.9 Å². The van der Waals surface area contributed by atoms with E-state index in [-0.39, 0.29) is 11.7 Å². The summed E-state index contributed by atoms with van der Waals surface area (Å²) in [4.78, 5) is 11.9.